The number of hydrogen-bond donors (Lipinski definition) is 0. The van der Waals surface area contributed by atoms with Gasteiger partial charge in [-0.05, 0) is 19.1 Å². The van der Waals surface area contributed by atoms with Crippen LogP contribution in [0.25, 0.3) is 5.82 Å². The van der Waals surface area contributed by atoms with E-state index in [1.165, 1.54) is 6.26 Å². The van der Waals surface area contributed by atoms with Crippen LogP contribution in [0.15, 0.2) is 47.6 Å². The Morgan fingerprint density at radius 2 is 1.92 bits per heavy atom. The SMILES string of the molecule is Cc1nccn1-c1cc(N2CCN(C(=O)c3ccco3)CC2)ncn1. The number of rotatable bonds is 3. The topological polar surface area (TPSA) is 80.3 Å². The minimum absolute atomic E-state index is 0.0675. The van der Waals surface area contributed by atoms with Crippen LogP contribution in [0.4, 0.5) is 5.82 Å². The quantitative estimate of drug-likeness (QED) is 0.720. The second kappa shape index (κ2) is 6.39. The molecule has 0 spiro atoms. The van der Waals surface area contributed by atoms with Gasteiger partial charge in [0.05, 0.1) is 6.26 Å². The van der Waals surface area contributed by atoms with Crippen molar-refractivity contribution in [1.82, 2.24) is 24.4 Å². The largest absolute Gasteiger partial charge is 0.459 e. The molecule has 3 aromatic rings. The van der Waals surface area contributed by atoms with Crippen LogP contribution < -0.4 is 4.90 Å². The lowest BCUT2D eigenvalue weighted by molar-refractivity contribution is 0.0714. The number of carbonyl (C=O) groups excluding carboxylic acids is 1. The molecule has 0 aliphatic carbocycles. The molecule has 0 N–H and O–H groups in total. The number of hydrogen-bond acceptors (Lipinski definition) is 6. The van der Waals surface area contributed by atoms with Crippen molar-refractivity contribution in [3.05, 3.63) is 54.8 Å². The maximum Gasteiger partial charge on any atom is 0.289 e. The van der Waals surface area contributed by atoms with Gasteiger partial charge < -0.3 is 14.2 Å². The van der Waals surface area contributed by atoms with E-state index in [1.807, 2.05) is 23.8 Å². The molecule has 0 bridgehead atoms. The van der Waals surface area contributed by atoms with Crippen molar-refractivity contribution in [3.63, 3.8) is 0 Å². The highest BCUT2D eigenvalue weighted by molar-refractivity contribution is 5.91. The molecule has 4 heterocycles. The zero-order valence-corrected chi connectivity index (χ0v) is 13.9. The van der Waals surface area contributed by atoms with Crippen LogP contribution in [0.2, 0.25) is 0 Å². The Morgan fingerprint density at radius 1 is 1.12 bits per heavy atom. The van der Waals surface area contributed by atoms with Crippen molar-refractivity contribution < 1.29 is 9.21 Å². The monoisotopic (exact) mass is 338 g/mol. The van der Waals surface area contributed by atoms with Crippen LogP contribution in [-0.4, -0.2) is 56.5 Å². The minimum atomic E-state index is -0.0675. The summed E-state index contributed by atoms with van der Waals surface area (Å²) in [6, 6.07) is 5.36. The van der Waals surface area contributed by atoms with Gasteiger partial charge in [-0.25, -0.2) is 15.0 Å². The molecule has 1 fully saturated rings. The molecule has 1 amide bonds. The predicted octanol–water partition coefficient (Wildman–Crippen LogP) is 1.53. The molecule has 128 valence electrons. The van der Waals surface area contributed by atoms with Gasteiger partial charge >= 0.3 is 0 Å². The number of imidazole rings is 1. The van der Waals surface area contributed by atoms with Gasteiger partial charge in [-0.1, -0.05) is 0 Å². The number of piperazine rings is 1. The summed E-state index contributed by atoms with van der Waals surface area (Å²) in [5.74, 6) is 2.83. The van der Waals surface area contributed by atoms with E-state index >= 15 is 0 Å². The number of aromatic nitrogens is 4. The standard InChI is InChI=1S/C17H18N6O2/c1-13-18-4-5-23(13)16-11-15(19-12-20-16)21-6-8-22(9-7-21)17(24)14-3-2-10-25-14/h2-5,10-12H,6-9H2,1H3. The molecule has 0 radical (unpaired) electrons. The molecule has 0 unspecified atom stereocenters. The van der Waals surface area contributed by atoms with Gasteiger partial charge in [-0.15, -0.1) is 0 Å². The van der Waals surface area contributed by atoms with Crippen molar-refractivity contribution in [3.8, 4) is 5.82 Å². The van der Waals surface area contributed by atoms with Crippen LogP contribution in [0.3, 0.4) is 0 Å². The first kappa shape index (κ1) is 15.4. The lowest BCUT2D eigenvalue weighted by atomic mass is 10.3. The summed E-state index contributed by atoms with van der Waals surface area (Å²) in [5, 5.41) is 0. The Kier molecular flexibility index (Phi) is 3.93. The molecule has 0 aromatic carbocycles. The molecule has 8 nitrogen and oxygen atoms in total. The van der Waals surface area contributed by atoms with E-state index in [9.17, 15) is 4.79 Å². The molecule has 1 aliphatic rings. The highest BCUT2D eigenvalue weighted by atomic mass is 16.3. The molecule has 8 heteroatoms. The van der Waals surface area contributed by atoms with Crippen molar-refractivity contribution in [1.29, 1.82) is 0 Å². The van der Waals surface area contributed by atoms with Crippen molar-refractivity contribution >= 4 is 11.7 Å². The van der Waals surface area contributed by atoms with E-state index < -0.39 is 0 Å². The average molecular weight is 338 g/mol. The summed E-state index contributed by atoms with van der Waals surface area (Å²) < 4.78 is 7.11. The zero-order valence-electron chi connectivity index (χ0n) is 13.9. The van der Waals surface area contributed by atoms with Gasteiger partial charge in [0.2, 0.25) is 0 Å². The summed E-state index contributed by atoms with van der Waals surface area (Å²) in [6.45, 7) is 4.62. The van der Waals surface area contributed by atoms with Crippen LogP contribution in [0, 0.1) is 6.92 Å². The number of nitrogens with zero attached hydrogens (tertiary/aromatic N) is 6. The fourth-order valence-corrected chi connectivity index (χ4v) is 2.96. The first-order valence-corrected chi connectivity index (χ1v) is 8.12. The van der Waals surface area contributed by atoms with Crippen LogP contribution in [0.5, 0.6) is 0 Å². The van der Waals surface area contributed by atoms with Gasteiger partial charge in [0, 0.05) is 44.6 Å². The Labute approximate surface area is 144 Å². The van der Waals surface area contributed by atoms with Gasteiger partial charge in [0.1, 0.15) is 23.8 Å². The lowest BCUT2D eigenvalue weighted by Gasteiger charge is -2.35. The van der Waals surface area contributed by atoms with E-state index in [-0.39, 0.29) is 5.91 Å². The summed E-state index contributed by atoms with van der Waals surface area (Å²) in [7, 11) is 0. The van der Waals surface area contributed by atoms with E-state index in [0.717, 1.165) is 17.5 Å². The fraction of sp³-hybridized carbons (Fsp3) is 0.294. The van der Waals surface area contributed by atoms with E-state index in [4.69, 9.17) is 4.42 Å². The van der Waals surface area contributed by atoms with E-state index in [0.29, 0.717) is 31.9 Å². The van der Waals surface area contributed by atoms with Gasteiger partial charge in [0.25, 0.3) is 5.91 Å². The number of amides is 1. The second-order valence-corrected chi connectivity index (χ2v) is 5.84. The summed E-state index contributed by atoms with van der Waals surface area (Å²) >= 11 is 0. The van der Waals surface area contributed by atoms with Gasteiger partial charge in [0.15, 0.2) is 5.76 Å². The minimum Gasteiger partial charge on any atom is -0.459 e. The summed E-state index contributed by atoms with van der Waals surface area (Å²) in [6.07, 6.45) is 6.70. The molecule has 4 rings (SSSR count). The smallest absolute Gasteiger partial charge is 0.289 e. The third-order valence-corrected chi connectivity index (χ3v) is 4.33. The molecule has 0 saturated carbocycles. The maximum atomic E-state index is 12.3. The molecule has 0 atom stereocenters. The van der Waals surface area contributed by atoms with Crippen molar-refractivity contribution in [2.24, 2.45) is 0 Å². The highest BCUT2D eigenvalue weighted by Gasteiger charge is 2.24. The maximum absolute atomic E-state index is 12.3. The average Bonchev–Trinajstić information content (AvgIpc) is 3.33. The third-order valence-electron chi connectivity index (χ3n) is 4.33. The summed E-state index contributed by atoms with van der Waals surface area (Å²) in [5.41, 5.74) is 0. The molecule has 1 aliphatic heterocycles. The first-order valence-electron chi connectivity index (χ1n) is 8.12. The number of anilines is 1. The predicted molar refractivity (Wildman–Crippen MR) is 90.7 cm³/mol. The fourth-order valence-electron chi connectivity index (χ4n) is 2.96. The second-order valence-electron chi connectivity index (χ2n) is 5.84. The Morgan fingerprint density at radius 3 is 2.60 bits per heavy atom. The normalized spacial score (nSPS) is 14.8. The van der Waals surface area contributed by atoms with Crippen LogP contribution in [0.1, 0.15) is 16.4 Å². The zero-order chi connectivity index (χ0) is 17.2. The lowest BCUT2D eigenvalue weighted by Crippen LogP contribution is -2.49. The van der Waals surface area contributed by atoms with Gasteiger partial charge in [-0.2, -0.15) is 0 Å². The van der Waals surface area contributed by atoms with E-state index in [1.54, 1.807) is 29.6 Å². The first-order chi connectivity index (χ1) is 12.2. The molecule has 1 saturated heterocycles. The molecule has 3 aromatic heterocycles. The highest BCUT2D eigenvalue weighted by Crippen LogP contribution is 2.18. The summed E-state index contributed by atoms with van der Waals surface area (Å²) in [4.78, 5) is 29.2. The Balaban J connectivity index is 1.46. The molecular weight excluding hydrogens is 320 g/mol. The number of furan rings is 1. The van der Waals surface area contributed by atoms with Crippen LogP contribution >= 0.6 is 0 Å². The number of aryl methyl sites for hydroxylation is 1. The third kappa shape index (κ3) is 2.98. The Hall–Kier alpha value is -3.16. The van der Waals surface area contributed by atoms with E-state index in [2.05, 4.69) is 19.9 Å². The van der Waals surface area contributed by atoms with Crippen LogP contribution in [-0.2, 0) is 0 Å². The number of carbonyl (C=O) groups is 1. The van der Waals surface area contributed by atoms with Crippen molar-refractivity contribution in [2.75, 3.05) is 31.1 Å². The van der Waals surface area contributed by atoms with Gasteiger partial charge in [-0.3, -0.25) is 9.36 Å². The molecule has 25 heavy (non-hydrogen) atoms. The molecular formula is C17H18N6O2. The Bertz CT molecular complexity index is 865. The van der Waals surface area contributed by atoms with Crippen molar-refractivity contribution in [2.45, 2.75) is 6.92 Å².